The SMILES string of the molecule is Cc1noc(-c2ccccc2OCC(=O)Nc2ccc(C(N)=O)cc2)n1. The standard InChI is InChI=1S/C18H16N4O4/c1-11-20-18(26-22-11)14-4-2-3-5-15(14)25-10-16(23)21-13-8-6-12(7-9-13)17(19)24/h2-9H,10H2,1H3,(H2,19,24)(H,21,23). The molecule has 2 amide bonds. The first-order valence-electron chi connectivity index (χ1n) is 7.75. The summed E-state index contributed by atoms with van der Waals surface area (Å²) in [6.45, 7) is 1.51. The van der Waals surface area contributed by atoms with Crippen LogP contribution in [0.1, 0.15) is 16.2 Å². The second-order valence-electron chi connectivity index (χ2n) is 5.42. The van der Waals surface area contributed by atoms with Crippen LogP contribution in [0.5, 0.6) is 5.75 Å². The van der Waals surface area contributed by atoms with Crippen LogP contribution in [0.25, 0.3) is 11.5 Å². The Balaban J connectivity index is 1.64. The van der Waals surface area contributed by atoms with E-state index in [1.165, 1.54) is 12.1 Å². The van der Waals surface area contributed by atoms with Crippen LogP contribution >= 0.6 is 0 Å². The number of carbonyl (C=O) groups is 2. The second kappa shape index (κ2) is 7.47. The van der Waals surface area contributed by atoms with Crippen molar-refractivity contribution in [2.24, 2.45) is 5.73 Å². The summed E-state index contributed by atoms with van der Waals surface area (Å²) in [6.07, 6.45) is 0. The van der Waals surface area contributed by atoms with E-state index in [0.717, 1.165) is 0 Å². The van der Waals surface area contributed by atoms with E-state index in [0.29, 0.717) is 34.3 Å². The van der Waals surface area contributed by atoms with Gasteiger partial charge in [-0.2, -0.15) is 4.98 Å². The number of ether oxygens (including phenoxy) is 1. The van der Waals surface area contributed by atoms with Crippen molar-refractivity contribution in [1.29, 1.82) is 0 Å². The molecule has 2 aromatic carbocycles. The Bertz CT molecular complexity index is 934. The molecule has 0 fully saturated rings. The number of rotatable bonds is 6. The maximum absolute atomic E-state index is 12.1. The molecule has 0 radical (unpaired) electrons. The van der Waals surface area contributed by atoms with Gasteiger partial charge in [-0.1, -0.05) is 17.3 Å². The lowest BCUT2D eigenvalue weighted by molar-refractivity contribution is -0.118. The number of hydrogen-bond donors (Lipinski definition) is 2. The molecule has 1 aromatic heterocycles. The van der Waals surface area contributed by atoms with Gasteiger partial charge < -0.3 is 20.3 Å². The molecule has 0 atom stereocenters. The number of para-hydroxylation sites is 1. The zero-order chi connectivity index (χ0) is 18.5. The van der Waals surface area contributed by atoms with Crippen molar-refractivity contribution < 1.29 is 18.8 Å². The fourth-order valence-electron chi connectivity index (χ4n) is 2.23. The van der Waals surface area contributed by atoms with Gasteiger partial charge in [-0.05, 0) is 43.3 Å². The molecular formula is C18H16N4O4. The van der Waals surface area contributed by atoms with E-state index in [-0.39, 0.29) is 12.5 Å². The third kappa shape index (κ3) is 4.04. The van der Waals surface area contributed by atoms with Crippen molar-refractivity contribution >= 4 is 17.5 Å². The number of carbonyl (C=O) groups excluding carboxylic acids is 2. The van der Waals surface area contributed by atoms with Gasteiger partial charge in [0.25, 0.3) is 11.8 Å². The Morgan fingerprint density at radius 1 is 1.15 bits per heavy atom. The van der Waals surface area contributed by atoms with Crippen LogP contribution < -0.4 is 15.8 Å². The molecule has 3 N–H and O–H groups in total. The molecule has 8 nitrogen and oxygen atoms in total. The number of amides is 2. The molecule has 0 unspecified atom stereocenters. The Morgan fingerprint density at radius 3 is 2.54 bits per heavy atom. The van der Waals surface area contributed by atoms with E-state index in [9.17, 15) is 9.59 Å². The molecule has 132 valence electrons. The molecule has 0 saturated heterocycles. The van der Waals surface area contributed by atoms with Crippen LogP contribution in [-0.4, -0.2) is 28.6 Å². The molecule has 1 heterocycles. The van der Waals surface area contributed by atoms with Gasteiger partial charge >= 0.3 is 0 Å². The van der Waals surface area contributed by atoms with Crippen LogP contribution in [0.15, 0.2) is 53.1 Å². The van der Waals surface area contributed by atoms with Crippen molar-refractivity contribution in [2.75, 3.05) is 11.9 Å². The fraction of sp³-hybridized carbons (Fsp3) is 0.111. The fourth-order valence-corrected chi connectivity index (χ4v) is 2.23. The average molecular weight is 352 g/mol. The average Bonchev–Trinajstić information content (AvgIpc) is 3.07. The molecule has 3 rings (SSSR count). The molecule has 0 aliphatic carbocycles. The number of nitrogens with one attached hydrogen (secondary N) is 1. The Hall–Kier alpha value is -3.68. The van der Waals surface area contributed by atoms with Crippen LogP contribution in [0, 0.1) is 6.92 Å². The van der Waals surface area contributed by atoms with Gasteiger partial charge in [0.05, 0.1) is 5.56 Å². The lowest BCUT2D eigenvalue weighted by Gasteiger charge is -2.10. The van der Waals surface area contributed by atoms with Crippen molar-refractivity contribution in [1.82, 2.24) is 10.1 Å². The van der Waals surface area contributed by atoms with Crippen LogP contribution in [0.3, 0.4) is 0 Å². The number of nitrogens with two attached hydrogens (primary N) is 1. The van der Waals surface area contributed by atoms with E-state index >= 15 is 0 Å². The van der Waals surface area contributed by atoms with Crippen LogP contribution in [0.4, 0.5) is 5.69 Å². The number of aromatic nitrogens is 2. The van der Waals surface area contributed by atoms with Crippen molar-refractivity contribution in [2.45, 2.75) is 6.92 Å². The van der Waals surface area contributed by atoms with Gasteiger partial charge in [0.2, 0.25) is 5.91 Å². The van der Waals surface area contributed by atoms with Crippen molar-refractivity contribution in [3.05, 3.63) is 59.9 Å². The minimum absolute atomic E-state index is 0.207. The highest BCUT2D eigenvalue weighted by atomic mass is 16.5. The number of nitrogens with zero attached hydrogens (tertiary/aromatic N) is 2. The number of anilines is 1. The Labute approximate surface area is 149 Å². The quantitative estimate of drug-likeness (QED) is 0.701. The predicted octanol–water partition coefficient (Wildman–Crippen LogP) is 2.16. The van der Waals surface area contributed by atoms with Gasteiger partial charge in [-0.3, -0.25) is 9.59 Å². The third-order valence-corrected chi connectivity index (χ3v) is 3.46. The first-order valence-corrected chi connectivity index (χ1v) is 7.75. The van der Waals surface area contributed by atoms with Crippen molar-refractivity contribution in [3.8, 4) is 17.2 Å². The minimum atomic E-state index is -0.529. The summed E-state index contributed by atoms with van der Waals surface area (Å²) in [5, 5.41) is 6.42. The number of primary amides is 1. The molecule has 0 spiro atoms. The zero-order valence-corrected chi connectivity index (χ0v) is 13.9. The summed E-state index contributed by atoms with van der Waals surface area (Å²) in [7, 11) is 0. The molecule has 3 aromatic rings. The van der Waals surface area contributed by atoms with E-state index < -0.39 is 5.91 Å². The molecular weight excluding hydrogens is 336 g/mol. The largest absolute Gasteiger partial charge is 0.483 e. The Kier molecular flexibility index (Phi) is 4.93. The lowest BCUT2D eigenvalue weighted by atomic mass is 10.2. The monoisotopic (exact) mass is 352 g/mol. The summed E-state index contributed by atoms with van der Waals surface area (Å²) < 4.78 is 10.7. The summed E-state index contributed by atoms with van der Waals surface area (Å²) in [4.78, 5) is 27.3. The molecule has 26 heavy (non-hydrogen) atoms. The van der Waals surface area contributed by atoms with Crippen LogP contribution in [0.2, 0.25) is 0 Å². The lowest BCUT2D eigenvalue weighted by Crippen LogP contribution is -2.20. The maximum atomic E-state index is 12.1. The highest BCUT2D eigenvalue weighted by molar-refractivity contribution is 5.95. The van der Waals surface area contributed by atoms with E-state index in [1.807, 2.05) is 6.07 Å². The van der Waals surface area contributed by atoms with Gasteiger partial charge in [0.1, 0.15) is 5.75 Å². The summed E-state index contributed by atoms with van der Waals surface area (Å²) in [5.74, 6) is 0.398. The smallest absolute Gasteiger partial charge is 0.262 e. The van der Waals surface area contributed by atoms with Gasteiger partial charge in [-0.15, -0.1) is 0 Å². The topological polar surface area (TPSA) is 120 Å². The first kappa shape index (κ1) is 17.2. The normalized spacial score (nSPS) is 10.3. The number of hydrogen-bond acceptors (Lipinski definition) is 6. The highest BCUT2D eigenvalue weighted by Crippen LogP contribution is 2.28. The molecule has 0 bridgehead atoms. The van der Waals surface area contributed by atoms with E-state index in [1.54, 1.807) is 37.3 Å². The molecule has 0 aliphatic heterocycles. The highest BCUT2D eigenvalue weighted by Gasteiger charge is 2.13. The molecule has 0 saturated carbocycles. The van der Waals surface area contributed by atoms with Gasteiger partial charge in [-0.25, -0.2) is 0 Å². The van der Waals surface area contributed by atoms with E-state index in [2.05, 4.69) is 15.5 Å². The third-order valence-electron chi connectivity index (χ3n) is 3.46. The van der Waals surface area contributed by atoms with Gasteiger partial charge in [0.15, 0.2) is 12.4 Å². The summed E-state index contributed by atoms with van der Waals surface area (Å²) in [6, 6.07) is 13.3. The Morgan fingerprint density at radius 2 is 1.88 bits per heavy atom. The second-order valence-corrected chi connectivity index (χ2v) is 5.42. The van der Waals surface area contributed by atoms with Crippen molar-refractivity contribution in [3.63, 3.8) is 0 Å². The zero-order valence-electron chi connectivity index (χ0n) is 13.9. The van der Waals surface area contributed by atoms with Gasteiger partial charge in [0, 0.05) is 11.3 Å². The maximum Gasteiger partial charge on any atom is 0.262 e. The number of aryl methyl sites for hydroxylation is 1. The van der Waals surface area contributed by atoms with E-state index in [4.69, 9.17) is 15.0 Å². The minimum Gasteiger partial charge on any atom is -0.483 e. The first-order chi connectivity index (χ1) is 12.5. The predicted molar refractivity (Wildman–Crippen MR) is 93.6 cm³/mol. The summed E-state index contributed by atoms with van der Waals surface area (Å²) >= 11 is 0. The van der Waals surface area contributed by atoms with Crippen LogP contribution in [-0.2, 0) is 4.79 Å². The molecule has 0 aliphatic rings. The molecule has 8 heteroatoms. The number of benzene rings is 2. The summed E-state index contributed by atoms with van der Waals surface area (Å²) in [5.41, 5.74) is 6.68.